The number of pyridine rings is 1. The Balaban J connectivity index is 1.41. The van der Waals surface area contributed by atoms with Crippen molar-refractivity contribution in [2.75, 3.05) is 37.6 Å². The number of nitrogen functional groups attached to an aromatic ring is 1. The predicted octanol–water partition coefficient (Wildman–Crippen LogP) is 2.34. The molecule has 0 saturated carbocycles. The number of anilines is 1. The molecule has 3 N–H and O–H groups in total. The Morgan fingerprint density at radius 1 is 1.15 bits per heavy atom. The fourth-order valence-corrected chi connectivity index (χ4v) is 6.04. The number of amides is 2. The molecule has 2 saturated heterocycles. The van der Waals surface area contributed by atoms with Crippen LogP contribution in [0.5, 0.6) is 0 Å². The predicted molar refractivity (Wildman–Crippen MR) is 127 cm³/mol. The maximum absolute atomic E-state index is 13.3. The number of sulfonamides is 1. The van der Waals surface area contributed by atoms with E-state index < -0.39 is 10.0 Å². The second-order valence-corrected chi connectivity index (χ2v) is 10.8. The van der Waals surface area contributed by atoms with Gasteiger partial charge in [-0.05, 0) is 48.9 Å². The molecule has 2 aromatic rings. The van der Waals surface area contributed by atoms with E-state index in [0.717, 1.165) is 5.69 Å². The number of rotatable bonds is 6. The van der Waals surface area contributed by atoms with Crippen molar-refractivity contribution in [3.05, 3.63) is 54.4 Å². The monoisotopic (exact) mass is 470 g/mol. The van der Waals surface area contributed by atoms with Crippen LogP contribution in [0.2, 0.25) is 0 Å². The van der Waals surface area contributed by atoms with Gasteiger partial charge in [0.05, 0.1) is 4.90 Å². The number of hydrogen-bond acceptors (Lipinski definition) is 5. The molecule has 33 heavy (non-hydrogen) atoms. The molecule has 1 aromatic carbocycles. The zero-order chi connectivity index (χ0) is 23.6. The Morgan fingerprint density at radius 3 is 2.52 bits per heavy atom. The largest absolute Gasteiger partial charge is 0.384 e. The molecule has 4 rings (SSSR count). The third-order valence-corrected chi connectivity index (χ3v) is 8.25. The Labute approximate surface area is 194 Å². The van der Waals surface area contributed by atoms with E-state index in [4.69, 9.17) is 11.1 Å². The minimum absolute atomic E-state index is 0.0281. The van der Waals surface area contributed by atoms with Crippen molar-refractivity contribution in [2.45, 2.75) is 24.7 Å². The van der Waals surface area contributed by atoms with Gasteiger partial charge in [0.1, 0.15) is 5.84 Å². The highest BCUT2D eigenvalue weighted by atomic mass is 32.2. The first-order valence-electron chi connectivity index (χ1n) is 11.2. The number of piperidine rings is 1. The van der Waals surface area contributed by atoms with Crippen LogP contribution in [0.4, 0.5) is 10.5 Å². The number of benzene rings is 1. The summed E-state index contributed by atoms with van der Waals surface area (Å²) < 4.78 is 27.2. The summed E-state index contributed by atoms with van der Waals surface area (Å²) in [5.74, 6) is 0.504. The highest BCUT2D eigenvalue weighted by Crippen LogP contribution is 2.28. The molecule has 3 heterocycles. The number of nitrogens with zero attached hydrogens (tertiary/aromatic N) is 4. The van der Waals surface area contributed by atoms with Crippen LogP contribution in [0.15, 0.2) is 53.7 Å². The van der Waals surface area contributed by atoms with Gasteiger partial charge < -0.3 is 10.6 Å². The van der Waals surface area contributed by atoms with E-state index in [1.165, 1.54) is 28.8 Å². The summed E-state index contributed by atoms with van der Waals surface area (Å²) in [6, 6.07) is 10.2. The summed E-state index contributed by atoms with van der Waals surface area (Å²) in [6.07, 6.45) is 4.39. The first kappa shape index (κ1) is 23.2. The highest BCUT2D eigenvalue weighted by Gasteiger charge is 2.35. The Bertz CT molecular complexity index is 1120. The topological polar surface area (TPSA) is 124 Å². The number of carbonyl (C=O) groups excluding carboxylic acids is 1. The number of nitrogens with one attached hydrogen (secondary N) is 1. The maximum Gasteiger partial charge on any atom is 0.324 e. The first-order chi connectivity index (χ1) is 15.8. The molecule has 1 aromatic heterocycles. The van der Waals surface area contributed by atoms with Gasteiger partial charge >= 0.3 is 6.03 Å². The number of aromatic nitrogens is 1. The van der Waals surface area contributed by atoms with Crippen molar-refractivity contribution in [2.24, 2.45) is 17.6 Å². The van der Waals surface area contributed by atoms with Gasteiger partial charge in [-0.25, -0.2) is 13.2 Å². The molecule has 0 spiro atoms. The van der Waals surface area contributed by atoms with Crippen LogP contribution in [0.1, 0.15) is 25.3 Å². The number of urea groups is 1. The molecule has 1 atom stereocenters. The molecule has 176 valence electrons. The van der Waals surface area contributed by atoms with Crippen LogP contribution in [-0.4, -0.2) is 67.2 Å². The molecular weight excluding hydrogens is 440 g/mol. The van der Waals surface area contributed by atoms with Gasteiger partial charge in [0.25, 0.3) is 0 Å². The minimum Gasteiger partial charge on any atom is -0.384 e. The van der Waals surface area contributed by atoms with Crippen LogP contribution in [0.3, 0.4) is 0 Å². The zero-order valence-corrected chi connectivity index (χ0v) is 19.5. The Kier molecular flexibility index (Phi) is 6.66. The van der Waals surface area contributed by atoms with E-state index in [2.05, 4.69) is 11.9 Å². The van der Waals surface area contributed by atoms with Crippen molar-refractivity contribution in [1.82, 2.24) is 14.2 Å². The summed E-state index contributed by atoms with van der Waals surface area (Å²) in [4.78, 5) is 21.1. The molecule has 2 amide bonds. The quantitative estimate of drug-likeness (QED) is 0.495. The van der Waals surface area contributed by atoms with E-state index in [1.807, 2.05) is 17.0 Å². The summed E-state index contributed by atoms with van der Waals surface area (Å²) in [5.41, 5.74) is 6.95. The second kappa shape index (κ2) is 9.48. The third-order valence-electron chi connectivity index (χ3n) is 6.34. The van der Waals surface area contributed by atoms with Crippen molar-refractivity contribution >= 4 is 27.6 Å². The third kappa shape index (κ3) is 5.01. The van der Waals surface area contributed by atoms with Gasteiger partial charge in [-0.1, -0.05) is 19.1 Å². The maximum atomic E-state index is 13.3. The van der Waals surface area contributed by atoms with Crippen LogP contribution in [0.25, 0.3) is 0 Å². The van der Waals surface area contributed by atoms with E-state index in [9.17, 15) is 13.2 Å². The molecule has 9 nitrogen and oxygen atoms in total. The minimum atomic E-state index is -3.52. The molecule has 0 aliphatic carbocycles. The lowest BCUT2D eigenvalue weighted by atomic mass is 9.96. The van der Waals surface area contributed by atoms with Crippen molar-refractivity contribution < 1.29 is 13.2 Å². The average Bonchev–Trinajstić information content (AvgIpc) is 2.82. The normalized spacial score (nSPS) is 20.8. The number of hydrogen-bond donors (Lipinski definition) is 2. The van der Waals surface area contributed by atoms with Crippen molar-refractivity contribution in [3.63, 3.8) is 0 Å². The van der Waals surface area contributed by atoms with Crippen LogP contribution >= 0.6 is 0 Å². The molecular formula is C23H30N6O3S. The molecule has 0 radical (unpaired) electrons. The highest BCUT2D eigenvalue weighted by molar-refractivity contribution is 7.89. The molecule has 10 heteroatoms. The lowest BCUT2D eigenvalue weighted by Crippen LogP contribution is -2.55. The summed E-state index contributed by atoms with van der Waals surface area (Å²) in [5, 5.41) is 7.67. The summed E-state index contributed by atoms with van der Waals surface area (Å²) in [7, 11) is -3.52. The lowest BCUT2D eigenvalue weighted by Gasteiger charge is -2.41. The van der Waals surface area contributed by atoms with Gasteiger partial charge in [0, 0.05) is 56.4 Å². The van der Waals surface area contributed by atoms with Crippen LogP contribution in [0, 0.1) is 17.2 Å². The van der Waals surface area contributed by atoms with Crippen LogP contribution in [-0.2, 0) is 10.0 Å². The zero-order valence-electron chi connectivity index (χ0n) is 18.7. The van der Waals surface area contributed by atoms with Gasteiger partial charge in [0.15, 0.2) is 0 Å². The molecule has 0 bridgehead atoms. The molecule has 2 aliphatic rings. The van der Waals surface area contributed by atoms with E-state index >= 15 is 0 Å². The lowest BCUT2D eigenvalue weighted by molar-refractivity contribution is 0.154. The number of amidine groups is 1. The fourth-order valence-electron chi connectivity index (χ4n) is 4.59. The van der Waals surface area contributed by atoms with E-state index in [-0.39, 0.29) is 28.6 Å². The average molecular weight is 471 g/mol. The van der Waals surface area contributed by atoms with Gasteiger partial charge in [-0.15, -0.1) is 0 Å². The second-order valence-electron chi connectivity index (χ2n) is 8.90. The van der Waals surface area contributed by atoms with Crippen molar-refractivity contribution in [1.29, 1.82) is 5.41 Å². The SMILES string of the molecule is CC1CN(CC2CCN(S(=O)(=O)c3ccncc3)CC2)C(=O)N(c2cccc(C(=N)N)c2)C1. The Morgan fingerprint density at radius 2 is 1.85 bits per heavy atom. The number of carbonyl (C=O) groups is 1. The Hall–Kier alpha value is -2.98. The standard InChI is InChI=1S/C23H30N6O3S/c1-17-14-27(23(30)29(15-17)20-4-2-3-19(13-20)22(24)25)16-18-7-11-28(12-8-18)33(31,32)21-5-9-26-10-6-21/h2-6,9-10,13,17-18H,7-8,11-12,14-16H2,1H3,(H3,24,25). The first-order valence-corrected chi connectivity index (χ1v) is 12.6. The fraction of sp³-hybridized carbons (Fsp3) is 0.435. The van der Waals surface area contributed by atoms with E-state index in [1.54, 1.807) is 17.0 Å². The number of nitrogens with two attached hydrogens (primary N) is 1. The van der Waals surface area contributed by atoms with Gasteiger partial charge in [-0.2, -0.15) is 4.31 Å². The molecule has 2 aliphatic heterocycles. The van der Waals surface area contributed by atoms with Gasteiger partial charge in [0.2, 0.25) is 10.0 Å². The van der Waals surface area contributed by atoms with Crippen LogP contribution < -0.4 is 10.6 Å². The van der Waals surface area contributed by atoms with Gasteiger partial charge in [-0.3, -0.25) is 15.3 Å². The molecule has 2 fully saturated rings. The molecule has 1 unspecified atom stereocenters. The smallest absolute Gasteiger partial charge is 0.324 e. The summed E-state index contributed by atoms with van der Waals surface area (Å²) >= 11 is 0. The van der Waals surface area contributed by atoms with Crippen molar-refractivity contribution in [3.8, 4) is 0 Å². The summed E-state index contributed by atoms with van der Waals surface area (Å²) in [6.45, 7) is 4.89. The van der Waals surface area contributed by atoms with E-state index in [0.29, 0.717) is 51.1 Å².